The first-order chi connectivity index (χ1) is 17.3. The fourth-order valence-electron chi connectivity index (χ4n) is 4.31. The zero-order valence-corrected chi connectivity index (χ0v) is 19.7. The van der Waals surface area contributed by atoms with Gasteiger partial charge in [-0.15, -0.1) is 11.3 Å². The zero-order chi connectivity index (χ0) is 25.0. The average Bonchev–Trinajstić information content (AvgIpc) is 3.54. The summed E-state index contributed by atoms with van der Waals surface area (Å²) in [5.74, 6) is 0.244. The van der Waals surface area contributed by atoms with Crippen LogP contribution in [0.1, 0.15) is 29.4 Å². The van der Waals surface area contributed by atoms with Gasteiger partial charge in [-0.3, -0.25) is 9.78 Å². The predicted molar refractivity (Wildman–Crippen MR) is 129 cm³/mol. The molecule has 1 fully saturated rings. The standard InChI is InChI=1S/C25H18F3N5O2S/c1-13-2-4-18-22(31-13)24(34)23(32-33(18)16-3-5-21(30-10-16)25(26,27)28)19-9-15-8-17(14-6-7-35-12-14)29-11-20(15)36-19/h2-5,8-11,14H,6-7,12H2,1H3/t14-/m1/s1. The van der Waals surface area contributed by atoms with E-state index in [0.29, 0.717) is 29.3 Å². The third kappa shape index (κ3) is 3.94. The monoisotopic (exact) mass is 509 g/mol. The maximum atomic E-state index is 13.5. The van der Waals surface area contributed by atoms with Crippen LogP contribution in [0.25, 0.3) is 37.4 Å². The summed E-state index contributed by atoms with van der Waals surface area (Å²) in [4.78, 5) is 26.7. The van der Waals surface area contributed by atoms with Crippen molar-refractivity contribution in [2.75, 3.05) is 13.2 Å². The molecule has 1 saturated heterocycles. The third-order valence-corrected chi connectivity index (χ3v) is 7.25. The number of fused-ring (bicyclic) bond motifs is 2. The first-order valence-electron chi connectivity index (χ1n) is 11.2. The molecule has 1 aliphatic heterocycles. The van der Waals surface area contributed by atoms with Gasteiger partial charge in [0.05, 0.1) is 33.6 Å². The predicted octanol–water partition coefficient (Wildman–Crippen LogP) is 5.28. The van der Waals surface area contributed by atoms with Crippen molar-refractivity contribution in [3.63, 3.8) is 0 Å². The van der Waals surface area contributed by atoms with Crippen LogP contribution in [0.3, 0.4) is 0 Å². The molecule has 6 heterocycles. The highest BCUT2D eigenvalue weighted by Crippen LogP contribution is 2.34. The summed E-state index contributed by atoms with van der Waals surface area (Å²) in [6.45, 7) is 3.12. The smallest absolute Gasteiger partial charge is 0.381 e. The normalized spacial score (nSPS) is 16.3. The molecule has 0 aliphatic carbocycles. The summed E-state index contributed by atoms with van der Waals surface area (Å²) in [6, 6.07) is 9.47. The second-order valence-electron chi connectivity index (χ2n) is 8.63. The molecule has 1 atom stereocenters. The van der Waals surface area contributed by atoms with Gasteiger partial charge in [0.1, 0.15) is 11.2 Å². The number of nitrogens with zero attached hydrogens (tertiary/aromatic N) is 5. The molecule has 0 unspecified atom stereocenters. The van der Waals surface area contributed by atoms with E-state index in [4.69, 9.17) is 4.74 Å². The molecule has 1 aliphatic rings. The van der Waals surface area contributed by atoms with E-state index in [1.807, 2.05) is 12.1 Å². The number of halogens is 3. The molecule has 182 valence electrons. The van der Waals surface area contributed by atoms with Gasteiger partial charge in [0.2, 0.25) is 5.43 Å². The van der Waals surface area contributed by atoms with Crippen molar-refractivity contribution in [2.45, 2.75) is 25.4 Å². The average molecular weight is 510 g/mol. The lowest BCUT2D eigenvalue weighted by atomic mass is 10.0. The Balaban J connectivity index is 1.52. The number of aryl methyl sites for hydroxylation is 1. The molecule has 0 radical (unpaired) electrons. The van der Waals surface area contributed by atoms with E-state index in [-0.39, 0.29) is 28.2 Å². The summed E-state index contributed by atoms with van der Waals surface area (Å²) in [5.41, 5.74) is 1.22. The Morgan fingerprint density at radius 1 is 1.11 bits per heavy atom. The molecule has 7 nitrogen and oxygen atoms in total. The van der Waals surface area contributed by atoms with Crippen LogP contribution in [0, 0.1) is 6.92 Å². The molecular weight excluding hydrogens is 491 g/mol. The van der Waals surface area contributed by atoms with Gasteiger partial charge >= 0.3 is 6.18 Å². The number of ether oxygens (including phenoxy) is 1. The van der Waals surface area contributed by atoms with Crippen molar-refractivity contribution in [3.8, 4) is 16.3 Å². The van der Waals surface area contributed by atoms with Crippen LogP contribution in [0.15, 0.2) is 53.6 Å². The summed E-state index contributed by atoms with van der Waals surface area (Å²) in [5, 5.41) is 5.51. The Kier molecular flexibility index (Phi) is 5.34. The van der Waals surface area contributed by atoms with Crippen LogP contribution in [-0.4, -0.2) is 37.9 Å². The maximum absolute atomic E-state index is 13.5. The Labute approximate surface area is 206 Å². The number of alkyl halides is 3. The number of pyridine rings is 3. The largest absolute Gasteiger partial charge is 0.433 e. The Morgan fingerprint density at radius 3 is 2.69 bits per heavy atom. The minimum Gasteiger partial charge on any atom is -0.381 e. The van der Waals surface area contributed by atoms with Crippen molar-refractivity contribution >= 4 is 32.5 Å². The first kappa shape index (κ1) is 22.7. The highest BCUT2D eigenvalue weighted by molar-refractivity contribution is 7.22. The highest BCUT2D eigenvalue weighted by Gasteiger charge is 2.32. The Bertz CT molecular complexity index is 1670. The first-order valence-corrected chi connectivity index (χ1v) is 12.0. The van der Waals surface area contributed by atoms with Crippen molar-refractivity contribution in [2.24, 2.45) is 0 Å². The second-order valence-corrected chi connectivity index (χ2v) is 9.71. The van der Waals surface area contributed by atoms with Crippen LogP contribution in [-0.2, 0) is 10.9 Å². The fraction of sp³-hybridized carbons (Fsp3) is 0.240. The molecule has 0 aromatic carbocycles. The summed E-state index contributed by atoms with van der Waals surface area (Å²) in [6.07, 6.45) is -0.762. The number of thiophene rings is 1. The molecule has 5 aromatic heterocycles. The quantitative estimate of drug-likeness (QED) is 0.329. The van der Waals surface area contributed by atoms with Gasteiger partial charge in [0.15, 0.2) is 5.69 Å². The Morgan fingerprint density at radius 2 is 1.97 bits per heavy atom. The van der Waals surface area contributed by atoms with Crippen LogP contribution in [0.4, 0.5) is 13.2 Å². The van der Waals surface area contributed by atoms with Crippen molar-refractivity contribution in [1.82, 2.24) is 24.7 Å². The van der Waals surface area contributed by atoms with Gasteiger partial charge in [-0.2, -0.15) is 18.3 Å². The SMILES string of the molecule is Cc1ccc2c(n1)c(=O)c(-c1cc3cc([C@@H]4CCOC4)ncc3s1)nn2-c1ccc(C(F)(F)F)nc1. The molecule has 36 heavy (non-hydrogen) atoms. The lowest BCUT2D eigenvalue weighted by Gasteiger charge is -2.12. The van der Waals surface area contributed by atoms with Gasteiger partial charge in [-0.1, -0.05) is 0 Å². The van der Waals surface area contributed by atoms with E-state index in [9.17, 15) is 18.0 Å². The molecule has 0 amide bonds. The second kappa shape index (κ2) is 8.45. The summed E-state index contributed by atoms with van der Waals surface area (Å²) >= 11 is 1.38. The molecule has 0 N–H and O–H groups in total. The molecule has 5 aromatic rings. The number of rotatable bonds is 3. The van der Waals surface area contributed by atoms with Gasteiger partial charge in [-0.05, 0) is 55.1 Å². The number of hydrogen-bond acceptors (Lipinski definition) is 7. The molecular formula is C25H18F3N5O2S. The van der Waals surface area contributed by atoms with Crippen LogP contribution in [0.2, 0.25) is 0 Å². The van der Waals surface area contributed by atoms with E-state index in [1.54, 1.807) is 25.3 Å². The zero-order valence-electron chi connectivity index (χ0n) is 18.9. The number of aromatic nitrogens is 5. The van der Waals surface area contributed by atoms with Crippen LogP contribution < -0.4 is 5.43 Å². The van der Waals surface area contributed by atoms with Crippen molar-refractivity contribution < 1.29 is 17.9 Å². The van der Waals surface area contributed by atoms with Gasteiger partial charge < -0.3 is 4.74 Å². The van der Waals surface area contributed by atoms with E-state index in [2.05, 4.69) is 20.1 Å². The molecule has 0 spiro atoms. The van der Waals surface area contributed by atoms with E-state index in [0.717, 1.165) is 34.5 Å². The van der Waals surface area contributed by atoms with Crippen LogP contribution in [0.5, 0.6) is 0 Å². The van der Waals surface area contributed by atoms with Crippen molar-refractivity contribution in [1.29, 1.82) is 0 Å². The highest BCUT2D eigenvalue weighted by atomic mass is 32.1. The summed E-state index contributed by atoms with van der Waals surface area (Å²) in [7, 11) is 0. The minimum absolute atomic E-state index is 0.160. The fourth-order valence-corrected chi connectivity index (χ4v) is 5.30. The molecule has 0 bridgehead atoms. The van der Waals surface area contributed by atoms with E-state index >= 15 is 0 Å². The Hall–Kier alpha value is -3.70. The summed E-state index contributed by atoms with van der Waals surface area (Å²) < 4.78 is 46.9. The van der Waals surface area contributed by atoms with E-state index < -0.39 is 11.9 Å². The lowest BCUT2D eigenvalue weighted by Crippen LogP contribution is -2.17. The van der Waals surface area contributed by atoms with Crippen LogP contribution >= 0.6 is 11.3 Å². The van der Waals surface area contributed by atoms with Crippen molar-refractivity contribution in [3.05, 3.63) is 76.1 Å². The number of hydrogen-bond donors (Lipinski definition) is 0. The molecule has 6 rings (SSSR count). The van der Waals surface area contributed by atoms with Gasteiger partial charge in [-0.25, -0.2) is 14.6 Å². The topological polar surface area (TPSA) is 82.8 Å². The maximum Gasteiger partial charge on any atom is 0.433 e. The molecule has 0 saturated carbocycles. The van der Waals surface area contributed by atoms with E-state index in [1.165, 1.54) is 22.1 Å². The third-order valence-electron chi connectivity index (χ3n) is 6.16. The molecule has 11 heteroatoms. The lowest BCUT2D eigenvalue weighted by molar-refractivity contribution is -0.141. The minimum atomic E-state index is -4.56. The van der Waals surface area contributed by atoms with Gasteiger partial charge in [0.25, 0.3) is 0 Å². The van der Waals surface area contributed by atoms with Gasteiger partial charge in [0, 0.05) is 30.1 Å².